The Kier molecular flexibility index (Phi) is 3.27. The van der Waals surface area contributed by atoms with Crippen molar-refractivity contribution in [3.63, 3.8) is 0 Å². The molecule has 1 saturated heterocycles. The summed E-state index contributed by atoms with van der Waals surface area (Å²) in [6.45, 7) is 0.808. The highest BCUT2D eigenvalue weighted by molar-refractivity contribution is 9.11. The highest BCUT2D eigenvalue weighted by atomic mass is 79.9. The van der Waals surface area contributed by atoms with Crippen LogP contribution < -0.4 is 0 Å². The average molecular weight is 329 g/mol. The predicted octanol–water partition coefficient (Wildman–Crippen LogP) is 2.63. The van der Waals surface area contributed by atoms with Gasteiger partial charge in [0.25, 0.3) is 0 Å². The van der Waals surface area contributed by atoms with E-state index in [2.05, 4.69) is 26.1 Å². The van der Waals surface area contributed by atoms with Crippen molar-refractivity contribution in [2.24, 2.45) is 0 Å². The van der Waals surface area contributed by atoms with Crippen LogP contribution in [0.3, 0.4) is 0 Å². The number of hydrogen-bond acceptors (Lipinski definition) is 6. The molecule has 3 heterocycles. The Hall–Kier alpha value is -1.05. The van der Waals surface area contributed by atoms with E-state index < -0.39 is 5.92 Å². The summed E-state index contributed by atoms with van der Waals surface area (Å²) in [6.07, 6.45) is 0.410. The number of thiophene rings is 1. The lowest BCUT2D eigenvalue weighted by Crippen LogP contribution is -2.25. The van der Waals surface area contributed by atoms with Crippen LogP contribution in [0.2, 0.25) is 0 Å². The molecule has 1 unspecified atom stereocenters. The zero-order valence-electron chi connectivity index (χ0n) is 9.26. The molecule has 94 valence electrons. The van der Waals surface area contributed by atoms with Gasteiger partial charge in [0.15, 0.2) is 0 Å². The van der Waals surface area contributed by atoms with E-state index >= 15 is 0 Å². The third-order valence-electron chi connectivity index (χ3n) is 2.70. The summed E-state index contributed by atoms with van der Waals surface area (Å²) in [6, 6.07) is 3.83. The molecule has 18 heavy (non-hydrogen) atoms. The van der Waals surface area contributed by atoms with E-state index in [-0.39, 0.29) is 5.78 Å². The molecule has 1 aliphatic heterocycles. The van der Waals surface area contributed by atoms with E-state index in [1.807, 2.05) is 12.1 Å². The summed E-state index contributed by atoms with van der Waals surface area (Å²) in [5.74, 6) is 0.547. The third-order valence-corrected chi connectivity index (χ3v) is 4.32. The van der Waals surface area contributed by atoms with Crippen molar-refractivity contribution in [2.75, 3.05) is 13.2 Å². The van der Waals surface area contributed by atoms with Gasteiger partial charge in [-0.15, -0.1) is 11.3 Å². The summed E-state index contributed by atoms with van der Waals surface area (Å²) in [5, 5.41) is 3.91. The van der Waals surface area contributed by atoms with Crippen molar-refractivity contribution >= 4 is 33.0 Å². The molecule has 7 heteroatoms. The number of halogens is 1. The van der Waals surface area contributed by atoms with Gasteiger partial charge in [0, 0.05) is 6.42 Å². The number of carbonyl (C=O) groups excluding carboxylic acids is 1. The molecule has 1 aliphatic rings. The lowest BCUT2D eigenvalue weighted by molar-refractivity contribution is -0.127. The molecule has 0 saturated carbocycles. The maximum atomic E-state index is 11.7. The Morgan fingerprint density at radius 2 is 2.33 bits per heavy atom. The smallest absolute Gasteiger partial charge is 0.239 e. The quantitative estimate of drug-likeness (QED) is 0.847. The number of hydrogen-bond donors (Lipinski definition) is 0. The number of ether oxygens (including phenoxy) is 1. The van der Waals surface area contributed by atoms with Crippen LogP contribution in [0.5, 0.6) is 0 Å². The fraction of sp³-hybridized carbons (Fsp3) is 0.364. The van der Waals surface area contributed by atoms with Gasteiger partial charge in [-0.1, -0.05) is 5.16 Å². The third kappa shape index (κ3) is 2.25. The fourth-order valence-electron chi connectivity index (χ4n) is 1.76. The second kappa shape index (κ2) is 4.91. The van der Waals surface area contributed by atoms with E-state index in [1.165, 1.54) is 11.3 Å². The first-order chi connectivity index (χ1) is 8.74. The maximum Gasteiger partial charge on any atom is 0.239 e. The molecule has 0 N–H and O–H groups in total. The van der Waals surface area contributed by atoms with E-state index in [4.69, 9.17) is 9.26 Å². The molecule has 2 aromatic rings. The number of aromatic nitrogens is 2. The largest absolute Gasteiger partial charge is 0.380 e. The van der Waals surface area contributed by atoms with Crippen LogP contribution in [0, 0.1) is 0 Å². The Labute approximate surface area is 115 Å². The van der Waals surface area contributed by atoms with Gasteiger partial charge in [0.05, 0.1) is 21.9 Å². The zero-order chi connectivity index (χ0) is 12.5. The summed E-state index contributed by atoms with van der Waals surface area (Å²) in [7, 11) is 0. The molecule has 0 radical (unpaired) electrons. The first-order valence-electron chi connectivity index (χ1n) is 5.44. The molecule has 0 amide bonds. The Bertz CT molecular complexity index is 580. The van der Waals surface area contributed by atoms with Crippen molar-refractivity contribution in [3.05, 3.63) is 21.8 Å². The second-order valence-corrected chi connectivity index (χ2v) is 6.37. The van der Waals surface area contributed by atoms with Crippen molar-refractivity contribution in [3.8, 4) is 10.7 Å². The van der Waals surface area contributed by atoms with Crippen LogP contribution in [-0.2, 0) is 9.53 Å². The normalized spacial score (nSPS) is 20.3. The molecule has 0 aromatic carbocycles. The highest BCUT2D eigenvalue weighted by Gasteiger charge is 2.30. The maximum absolute atomic E-state index is 11.7. The van der Waals surface area contributed by atoms with Crippen LogP contribution in [0.1, 0.15) is 18.2 Å². The monoisotopic (exact) mass is 328 g/mol. The Balaban J connectivity index is 1.87. The minimum atomic E-state index is -0.414. The summed E-state index contributed by atoms with van der Waals surface area (Å²) in [4.78, 5) is 16.9. The van der Waals surface area contributed by atoms with Gasteiger partial charge < -0.3 is 9.26 Å². The first kappa shape index (κ1) is 12.0. The molecule has 1 atom stereocenters. The van der Waals surface area contributed by atoms with Crippen LogP contribution >= 0.6 is 27.3 Å². The molecule has 3 rings (SSSR count). The standard InChI is InChI=1S/C11H9BrN2O3S/c12-9-2-1-8(18-9)10-13-11(17-14-10)6-5-16-4-3-7(6)15/h1-2,6H,3-5H2. The second-order valence-electron chi connectivity index (χ2n) is 3.90. The van der Waals surface area contributed by atoms with Gasteiger partial charge >= 0.3 is 0 Å². The lowest BCUT2D eigenvalue weighted by Gasteiger charge is -2.16. The molecular weight excluding hydrogens is 320 g/mol. The summed E-state index contributed by atoms with van der Waals surface area (Å²) < 4.78 is 11.4. The molecule has 2 aromatic heterocycles. The van der Waals surface area contributed by atoms with Crippen LogP contribution in [-0.4, -0.2) is 29.1 Å². The van der Waals surface area contributed by atoms with Crippen molar-refractivity contribution in [1.82, 2.24) is 10.1 Å². The van der Waals surface area contributed by atoms with E-state index in [0.29, 0.717) is 31.3 Å². The van der Waals surface area contributed by atoms with Crippen LogP contribution in [0.15, 0.2) is 20.4 Å². The summed E-state index contributed by atoms with van der Waals surface area (Å²) >= 11 is 4.90. The molecule has 0 spiro atoms. The molecule has 0 bridgehead atoms. The lowest BCUT2D eigenvalue weighted by atomic mass is 10.0. The number of ketones is 1. The number of carbonyl (C=O) groups is 1. The first-order valence-corrected chi connectivity index (χ1v) is 7.05. The average Bonchev–Trinajstić information content (AvgIpc) is 2.98. The molecular formula is C11H9BrN2O3S. The van der Waals surface area contributed by atoms with Gasteiger partial charge in [-0.2, -0.15) is 4.98 Å². The Morgan fingerprint density at radius 3 is 3.06 bits per heavy atom. The molecule has 0 aliphatic carbocycles. The van der Waals surface area contributed by atoms with Crippen molar-refractivity contribution in [1.29, 1.82) is 0 Å². The Morgan fingerprint density at radius 1 is 1.44 bits per heavy atom. The van der Waals surface area contributed by atoms with Crippen molar-refractivity contribution in [2.45, 2.75) is 12.3 Å². The van der Waals surface area contributed by atoms with Crippen LogP contribution in [0.25, 0.3) is 10.7 Å². The highest BCUT2D eigenvalue weighted by Crippen LogP contribution is 2.30. The molecule has 5 nitrogen and oxygen atoms in total. The SMILES string of the molecule is O=C1CCOCC1c1nc(-c2ccc(Br)s2)no1. The topological polar surface area (TPSA) is 65.2 Å². The minimum Gasteiger partial charge on any atom is -0.380 e. The van der Waals surface area contributed by atoms with E-state index in [1.54, 1.807) is 0 Å². The predicted molar refractivity (Wildman–Crippen MR) is 68.5 cm³/mol. The van der Waals surface area contributed by atoms with Gasteiger partial charge in [0.2, 0.25) is 11.7 Å². The minimum absolute atomic E-state index is 0.101. The fourth-order valence-corrected chi connectivity index (χ4v) is 3.07. The van der Waals surface area contributed by atoms with Crippen molar-refractivity contribution < 1.29 is 14.1 Å². The number of Topliss-reactive ketones (excluding diaryl/α,β-unsaturated/α-hetero) is 1. The van der Waals surface area contributed by atoms with Gasteiger partial charge in [0.1, 0.15) is 11.7 Å². The van der Waals surface area contributed by atoms with E-state index in [0.717, 1.165) is 8.66 Å². The van der Waals surface area contributed by atoms with Gasteiger partial charge in [-0.3, -0.25) is 4.79 Å². The van der Waals surface area contributed by atoms with Gasteiger partial charge in [-0.05, 0) is 28.1 Å². The zero-order valence-corrected chi connectivity index (χ0v) is 11.7. The summed E-state index contributed by atoms with van der Waals surface area (Å²) in [5.41, 5.74) is 0. The van der Waals surface area contributed by atoms with Gasteiger partial charge in [-0.25, -0.2) is 0 Å². The number of nitrogens with zero attached hydrogens (tertiary/aromatic N) is 2. The molecule has 1 fully saturated rings. The van der Waals surface area contributed by atoms with Crippen LogP contribution in [0.4, 0.5) is 0 Å². The van der Waals surface area contributed by atoms with E-state index in [9.17, 15) is 4.79 Å². The number of rotatable bonds is 2.